The number of allylic oxidation sites excluding steroid dienone is 1. The molecule has 0 fully saturated rings. The summed E-state index contributed by atoms with van der Waals surface area (Å²) in [6.45, 7) is 16.3. The predicted molar refractivity (Wildman–Crippen MR) is 107 cm³/mol. The van der Waals surface area contributed by atoms with Crippen molar-refractivity contribution in [2.45, 2.75) is 59.4 Å². The van der Waals surface area contributed by atoms with Gasteiger partial charge in [0.25, 0.3) is 0 Å². The van der Waals surface area contributed by atoms with Gasteiger partial charge in [-0.25, -0.2) is 0 Å². The van der Waals surface area contributed by atoms with Crippen LogP contribution in [0.2, 0.25) is 18.1 Å². The van der Waals surface area contributed by atoms with Crippen molar-refractivity contribution in [2.75, 3.05) is 7.11 Å². The van der Waals surface area contributed by atoms with E-state index < -0.39 is 8.32 Å². The van der Waals surface area contributed by atoms with Crippen LogP contribution in [0.5, 0.6) is 5.75 Å². The fourth-order valence-electron chi connectivity index (χ4n) is 1.99. The molecule has 0 N–H and O–H groups in total. The molecule has 4 heteroatoms. The van der Waals surface area contributed by atoms with Crippen molar-refractivity contribution in [3.8, 4) is 5.75 Å². The number of aryl methyl sites for hydroxylation is 1. The van der Waals surface area contributed by atoms with Crippen LogP contribution in [0.3, 0.4) is 0 Å². The number of benzene rings is 1. The normalized spacial score (nSPS) is 13.4. The number of halogens is 1. The van der Waals surface area contributed by atoms with E-state index in [0.717, 1.165) is 11.3 Å². The fourth-order valence-corrected chi connectivity index (χ4v) is 3.27. The molecule has 0 bridgehead atoms. The summed E-state index contributed by atoms with van der Waals surface area (Å²) in [4.78, 5) is 0. The zero-order valence-electron chi connectivity index (χ0n) is 15.1. The molecule has 2 nitrogen and oxygen atoms in total. The fraction of sp³-hybridized carbons (Fsp3) is 0.556. The minimum Gasteiger partial charge on any atom is -0.496 e. The van der Waals surface area contributed by atoms with E-state index in [0.29, 0.717) is 6.61 Å². The lowest BCUT2D eigenvalue weighted by Gasteiger charge is -2.36. The molecule has 1 aromatic rings. The standard InChI is InChI=1S/C18H29IO2Si/c1-13-9-15(12-21-22(7,8)18(3,4)5)16(14(2)11-19)10-17(13)20-6/h9-11H,12H2,1-8H3/b14-11+. The molecule has 0 spiro atoms. The van der Waals surface area contributed by atoms with Crippen molar-refractivity contribution in [1.29, 1.82) is 0 Å². The molecule has 0 aromatic heterocycles. The highest BCUT2D eigenvalue weighted by Crippen LogP contribution is 2.38. The van der Waals surface area contributed by atoms with Crippen LogP contribution < -0.4 is 4.74 Å². The van der Waals surface area contributed by atoms with Crippen LogP contribution in [0, 0.1) is 6.92 Å². The molecule has 0 unspecified atom stereocenters. The summed E-state index contributed by atoms with van der Waals surface area (Å²) in [7, 11) is -0.0242. The van der Waals surface area contributed by atoms with Gasteiger partial charge in [0, 0.05) is 0 Å². The molecule has 0 saturated carbocycles. The van der Waals surface area contributed by atoms with E-state index >= 15 is 0 Å². The Labute approximate surface area is 150 Å². The highest BCUT2D eigenvalue weighted by Gasteiger charge is 2.37. The van der Waals surface area contributed by atoms with Crippen molar-refractivity contribution in [2.24, 2.45) is 0 Å². The van der Waals surface area contributed by atoms with Gasteiger partial charge >= 0.3 is 0 Å². The van der Waals surface area contributed by atoms with Gasteiger partial charge in [-0.15, -0.1) is 0 Å². The molecule has 0 aliphatic carbocycles. The van der Waals surface area contributed by atoms with Crippen LogP contribution in [-0.2, 0) is 11.0 Å². The Morgan fingerprint density at radius 3 is 2.32 bits per heavy atom. The van der Waals surface area contributed by atoms with Crippen molar-refractivity contribution >= 4 is 36.5 Å². The maximum atomic E-state index is 6.41. The maximum Gasteiger partial charge on any atom is 0.192 e. The second-order valence-corrected chi connectivity index (χ2v) is 12.8. The molecule has 22 heavy (non-hydrogen) atoms. The third kappa shape index (κ3) is 4.58. The van der Waals surface area contributed by atoms with Gasteiger partial charge in [-0.2, -0.15) is 0 Å². The Kier molecular flexibility index (Phi) is 6.71. The average Bonchev–Trinajstić information content (AvgIpc) is 2.43. The van der Waals surface area contributed by atoms with Gasteiger partial charge in [0.15, 0.2) is 8.32 Å². The maximum absolute atomic E-state index is 6.41. The number of ether oxygens (including phenoxy) is 1. The number of hydrogen-bond acceptors (Lipinski definition) is 2. The summed E-state index contributed by atoms with van der Waals surface area (Å²) >= 11 is 2.29. The summed E-state index contributed by atoms with van der Waals surface area (Å²) < 4.78 is 14.0. The van der Waals surface area contributed by atoms with Crippen molar-refractivity contribution in [1.82, 2.24) is 0 Å². The molecule has 0 aliphatic heterocycles. The number of hydrogen-bond donors (Lipinski definition) is 0. The molecule has 1 rings (SSSR count). The van der Waals surface area contributed by atoms with Crippen LogP contribution in [0.15, 0.2) is 16.2 Å². The first-order valence-corrected chi connectivity index (χ1v) is 11.8. The monoisotopic (exact) mass is 432 g/mol. The molecule has 0 radical (unpaired) electrons. The summed E-state index contributed by atoms with van der Waals surface area (Å²) in [6.07, 6.45) is 0. The van der Waals surface area contributed by atoms with E-state index in [-0.39, 0.29) is 5.04 Å². The molecular formula is C18H29IO2Si. The first kappa shape index (κ1) is 19.7. The third-order valence-corrected chi connectivity index (χ3v) is 10.0. The van der Waals surface area contributed by atoms with Crippen LogP contribution in [0.4, 0.5) is 0 Å². The summed E-state index contributed by atoms with van der Waals surface area (Å²) in [5, 5.41) is 0.225. The van der Waals surface area contributed by atoms with Gasteiger partial charge in [-0.05, 0) is 70.5 Å². The van der Waals surface area contributed by atoms with Gasteiger partial charge in [-0.1, -0.05) is 43.4 Å². The van der Waals surface area contributed by atoms with Crippen LogP contribution in [0.1, 0.15) is 44.4 Å². The Bertz CT molecular complexity index is 557. The summed E-state index contributed by atoms with van der Waals surface area (Å²) in [6, 6.07) is 4.33. The topological polar surface area (TPSA) is 18.5 Å². The zero-order valence-corrected chi connectivity index (χ0v) is 18.3. The molecule has 124 valence electrons. The van der Waals surface area contributed by atoms with Crippen molar-refractivity contribution < 1.29 is 9.16 Å². The van der Waals surface area contributed by atoms with E-state index in [9.17, 15) is 0 Å². The SMILES string of the molecule is COc1cc(/C(C)=C/I)c(CO[Si](C)(C)C(C)(C)C)cc1C. The Hall–Kier alpha value is -0.333. The quantitative estimate of drug-likeness (QED) is 0.400. The third-order valence-electron chi connectivity index (χ3n) is 4.60. The Morgan fingerprint density at radius 2 is 1.86 bits per heavy atom. The zero-order chi connectivity index (χ0) is 17.1. The lowest BCUT2D eigenvalue weighted by molar-refractivity contribution is 0.276. The predicted octanol–water partition coefficient (Wildman–Crippen LogP) is 6.32. The molecule has 1 aromatic carbocycles. The highest BCUT2D eigenvalue weighted by atomic mass is 127. The van der Waals surface area contributed by atoms with Crippen LogP contribution in [-0.4, -0.2) is 15.4 Å². The van der Waals surface area contributed by atoms with Gasteiger partial charge < -0.3 is 9.16 Å². The molecular weight excluding hydrogens is 403 g/mol. The minimum atomic E-state index is -1.75. The lowest BCUT2D eigenvalue weighted by atomic mass is 9.99. The van der Waals surface area contributed by atoms with E-state index in [1.807, 2.05) is 0 Å². The van der Waals surface area contributed by atoms with Gasteiger partial charge in [0.2, 0.25) is 0 Å². The molecule has 0 atom stereocenters. The number of methoxy groups -OCH3 is 1. The first-order valence-electron chi connectivity index (χ1n) is 7.62. The Morgan fingerprint density at radius 1 is 1.27 bits per heavy atom. The second-order valence-electron chi connectivity index (χ2n) is 7.32. The molecule has 0 amide bonds. The largest absolute Gasteiger partial charge is 0.496 e. The first-order chi connectivity index (χ1) is 10.0. The Balaban J connectivity index is 3.16. The smallest absolute Gasteiger partial charge is 0.192 e. The lowest BCUT2D eigenvalue weighted by Crippen LogP contribution is -2.40. The number of rotatable bonds is 5. The summed E-state index contributed by atoms with van der Waals surface area (Å²) in [5.74, 6) is 0.934. The second kappa shape index (κ2) is 7.49. The van der Waals surface area contributed by atoms with E-state index in [1.54, 1.807) is 7.11 Å². The van der Waals surface area contributed by atoms with Gasteiger partial charge in [0.05, 0.1) is 13.7 Å². The van der Waals surface area contributed by atoms with E-state index in [1.165, 1.54) is 16.7 Å². The van der Waals surface area contributed by atoms with Gasteiger partial charge in [-0.3, -0.25) is 0 Å². The minimum absolute atomic E-state index is 0.225. The van der Waals surface area contributed by atoms with Crippen LogP contribution >= 0.6 is 22.6 Å². The highest BCUT2D eigenvalue weighted by molar-refractivity contribution is 14.1. The summed E-state index contributed by atoms with van der Waals surface area (Å²) in [5.41, 5.74) is 4.86. The van der Waals surface area contributed by atoms with Gasteiger partial charge in [0.1, 0.15) is 5.75 Å². The van der Waals surface area contributed by atoms with Crippen molar-refractivity contribution in [3.05, 3.63) is 32.9 Å². The molecule has 0 heterocycles. The van der Waals surface area contributed by atoms with Crippen LogP contribution in [0.25, 0.3) is 5.57 Å². The van der Waals surface area contributed by atoms with E-state index in [4.69, 9.17) is 9.16 Å². The average molecular weight is 432 g/mol. The van der Waals surface area contributed by atoms with Crippen molar-refractivity contribution in [3.63, 3.8) is 0 Å². The van der Waals surface area contributed by atoms with E-state index in [2.05, 4.69) is 86.5 Å². The molecule has 0 aliphatic rings. The molecule has 0 saturated heterocycles.